The predicted octanol–water partition coefficient (Wildman–Crippen LogP) is -1.19. The number of carbonyl (C=O) groups is 1. The van der Waals surface area contributed by atoms with Gasteiger partial charge in [-0.05, 0) is 20.8 Å². The Morgan fingerprint density at radius 3 is 2.37 bits per heavy atom. The van der Waals surface area contributed by atoms with Gasteiger partial charge in [-0.25, -0.2) is 9.48 Å². The molecule has 1 amide bonds. The molecule has 0 spiro atoms. The van der Waals surface area contributed by atoms with E-state index in [2.05, 4.69) is 15.7 Å². The highest BCUT2D eigenvalue weighted by molar-refractivity contribution is 5.80. The van der Waals surface area contributed by atoms with Gasteiger partial charge in [0.15, 0.2) is 0 Å². The molecule has 0 saturated heterocycles. The van der Waals surface area contributed by atoms with Gasteiger partial charge in [-0.3, -0.25) is 14.2 Å². The summed E-state index contributed by atoms with van der Waals surface area (Å²) in [6, 6.07) is 0. The molecule has 0 aliphatic carbocycles. The van der Waals surface area contributed by atoms with Crippen LogP contribution < -0.4 is 21.9 Å². The van der Waals surface area contributed by atoms with Crippen LogP contribution in [0.15, 0.2) is 9.59 Å². The molecule has 0 fully saturated rings. The van der Waals surface area contributed by atoms with E-state index in [4.69, 9.17) is 0 Å². The summed E-state index contributed by atoms with van der Waals surface area (Å²) < 4.78 is 1.96. The molecule has 0 bridgehead atoms. The van der Waals surface area contributed by atoms with Crippen LogP contribution in [0.1, 0.15) is 20.8 Å². The third-order valence-corrected chi connectivity index (χ3v) is 2.25. The number of rotatable bonds is 3. The fourth-order valence-electron chi connectivity index (χ4n) is 1.44. The Labute approximate surface area is 110 Å². The number of aromatic nitrogens is 3. The third kappa shape index (κ3) is 3.94. The molecule has 0 atom stereocenters. The van der Waals surface area contributed by atoms with E-state index >= 15 is 0 Å². The van der Waals surface area contributed by atoms with Crippen LogP contribution in [0.4, 0.5) is 5.82 Å². The van der Waals surface area contributed by atoms with Crippen LogP contribution in [0.25, 0.3) is 0 Å². The number of nitrogens with zero attached hydrogens (tertiary/aromatic N) is 3. The van der Waals surface area contributed by atoms with Crippen molar-refractivity contribution in [2.45, 2.75) is 26.3 Å². The molecule has 0 aliphatic rings. The van der Waals surface area contributed by atoms with Gasteiger partial charge in [-0.2, -0.15) is 0 Å². The van der Waals surface area contributed by atoms with Crippen molar-refractivity contribution in [2.75, 3.05) is 11.9 Å². The van der Waals surface area contributed by atoms with Crippen molar-refractivity contribution in [3.05, 3.63) is 20.8 Å². The number of amides is 1. The Morgan fingerprint density at radius 1 is 1.26 bits per heavy atom. The van der Waals surface area contributed by atoms with Crippen molar-refractivity contribution >= 4 is 11.7 Å². The second kappa shape index (κ2) is 5.25. The lowest BCUT2D eigenvalue weighted by Gasteiger charge is -2.20. The first kappa shape index (κ1) is 14.9. The first-order valence-corrected chi connectivity index (χ1v) is 5.81. The van der Waals surface area contributed by atoms with Gasteiger partial charge in [0.2, 0.25) is 11.7 Å². The van der Waals surface area contributed by atoms with Crippen LogP contribution in [0.3, 0.4) is 0 Å². The van der Waals surface area contributed by atoms with Crippen molar-refractivity contribution in [1.29, 1.82) is 0 Å². The highest BCUT2D eigenvalue weighted by Crippen LogP contribution is 1.98. The van der Waals surface area contributed by atoms with Gasteiger partial charge < -0.3 is 10.6 Å². The lowest BCUT2D eigenvalue weighted by Crippen LogP contribution is -2.45. The van der Waals surface area contributed by atoms with Crippen LogP contribution in [0.5, 0.6) is 0 Å². The van der Waals surface area contributed by atoms with E-state index in [1.807, 2.05) is 20.8 Å². The molecular weight excluding hydrogens is 250 g/mol. The summed E-state index contributed by atoms with van der Waals surface area (Å²) in [5, 5.41) is 9.15. The Kier molecular flexibility index (Phi) is 4.13. The molecule has 1 rings (SSSR count). The molecule has 0 aliphatic heterocycles. The van der Waals surface area contributed by atoms with E-state index in [-0.39, 0.29) is 23.8 Å². The van der Waals surface area contributed by atoms with Gasteiger partial charge in [0.25, 0.3) is 5.56 Å². The zero-order valence-electron chi connectivity index (χ0n) is 11.8. The van der Waals surface area contributed by atoms with Crippen LogP contribution >= 0.6 is 0 Å². The SMILES string of the molecule is Cn1nc(NCC(=O)NC(C)(C)C)c(=O)n(C)c1=O. The molecule has 0 saturated carbocycles. The maximum atomic E-state index is 11.7. The number of hydrogen-bond donors (Lipinski definition) is 2. The fourth-order valence-corrected chi connectivity index (χ4v) is 1.44. The van der Waals surface area contributed by atoms with E-state index in [1.165, 1.54) is 14.1 Å². The summed E-state index contributed by atoms with van der Waals surface area (Å²) in [5.41, 5.74) is -1.43. The van der Waals surface area contributed by atoms with Crippen LogP contribution in [-0.2, 0) is 18.9 Å². The molecule has 8 nitrogen and oxygen atoms in total. The largest absolute Gasteiger partial charge is 0.355 e. The van der Waals surface area contributed by atoms with Crippen molar-refractivity contribution in [1.82, 2.24) is 19.7 Å². The average molecular weight is 269 g/mol. The first-order chi connectivity index (χ1) is 8.61. The van der Waals surface area contributed by atoms with E-state index in [0.717, 1.165) is 9.25 Å². The Morgan fingerprint density at radius 2 is 1.84 bits per heavy atom. The number of aryl methyl sites for hydroxylation is 1. The monoisotopic (exact) mass is 269 g/mol. The molecule has 106 valence electrons. The van der Waals surface area contributed by atoms with Gasteiger partial charge in [0.1, 0.15) is 0 Å². The van der Waals surface area contributed by atoms with Gasteiger partial charge >= 0.3 is 5.69 Å². The summed E-state index contributed by atoms with van der Waals surface area (Å²) >= 11 is 0. The maximum Gasteiger partial charge on any atom is 0.346 e. The van der Waals surface area contributed by atoms with E-state index in [1.54, 1.807) is 0 Å². The van der Waals surface area contributed by atoms with Crippen molar-refractivity contribution in [2.24, 2.45) is 14.1 Å². The quantitative estimate of drug-likeness (QED) is 0.718. The summed E-state index contributed by atoms with van der Waals surface area (Å²) in [4.78, 5) is 34.8. The summed E-state index contributed by atoms with van der Waals surface area (Å²) in [6.45, 7) is 5.48. The molecule has 1 aromatic heterocycles. The fraction of sp³-hybridized carbons (Fsp3) is 0.636. The zero-order chi connectivity index (χ0) is 14.8. The highest BCUT2D eigenvalue weighted by atomic mass is 16.2. The van der Waals surface area contributed by atoms with Gasteiger partial charge in [-0.1, -0.05) is 0 Å². The van der Waals surface area contributed by atoms with E-state index in [9.17, 15) is 14.4 Å². The van der Waals surface area contributed by atoms with Gasteiger partial charge in [-0.15, -0.1) is 5.10 Å². The predicted molar refractivity (Wildman–Crippen MR) is 71.1 cm³/mol. The molecule has 2 N–H and O–H groups in total. The minimum Gasteiger partial charge on any atom is -0.355 e. The van der Waals surface area contributed by atoms with E-state index in [0.29, 0.717) is 0 Å². The molecule has 0 unspecified atom stereocenters. The molecule has 8 heteroatoms. The van der Waals surface area contributed by atoms with Crippen LogP contribution in [0, 0.1) is 0 Å². The van der Waals surface area contributed by atoms with Crippen molar-refractivity contribution < 1.29 is 4.79 Å². The molecular formula is C11H19N5O3. The summed E-state index contributed by atoms with van der Waals surface area (Å²) in [5.74, 6) is -0.293. The van der Waals surface area contributed by atoms with Gasteiger partial charge in [0.05, 0.1) is 6.54 Å². The smallest absolute Gasteiger partial charge is 0.346 e. The van der Waals surface area contributed by atoms with Crippen molar-refractivity contribution in [3.63, 3.8) is 0 Å². The topological polar surface area (TPSA) is 98.0 Å². The Hall–Kier alpha value is -2.12. The number of anilines is 1. The van der Waals surface area contributed by atoms with E-state index < -0.39 is 11.2 Å². The number of carbonyl (C=O) groups excluding carboxylic acids is 1. The minimum atomic E-state index is -0.563. The third-order valence-electron chi connectivity index (χ3n) is 2.25. The first-order valence-electron chi connectivity index (χ1n) is 5.81. The lowest BCUT2D eigenvalue weighted by atomic mass is 10.1. The number of hydrogen-bond acceptors (Lipinski definition) is 5. The van der Waals surface area contributed by atoms with Gasteiger partial charge in [0, 0.05) is 19.6 Å². The molecule has 19 heavy (non-hydrogen) atoms. The Balaban J connectivity index is 2.83. The highest BCUT2D eigenvalue weighted by Gasteiger charge is 2.14. The molecule has 1 aromatic rings. The number of nitrogens with one attached hydrogen (secondary N) is 2. The summed E-state index contributed by atoms with van der Waals surface area (Å²) in [7, 11) is 2.79. The second-order valence-electron chi connectivity index (χ2n) is 5.27. The lowest BCUT2D eigenvalue weighted by molar-refractivity contribution is -0.120. The molecule has 0 aromatic carbocycles. The van der Waals surface area contributed by atoms with Crippen LogP contribution in [-0.4, -0.2) is 32.3 Å². The Bertz CT molecular complexity index is 594. The molecule has 1 heterocycles. The van der Waals surface area contributed by atoms with Crippen LogP contribution in [0.2, 0.25) is 0 Å². The normalized spacial score (nSPS) is 11.2. The zero-order valence-corrected chi connectivity index (χ0v) is 11.8. The average Bonchev–Trinajstić information content (AvgIpc) is 2.27. The molecule has 0 radical (unpaired) electrons. The minimum absolute atomic E-state index is 0.0336. The van der Waals surface area contributed by atoms with Crippen molar-refractivity contribution in [3.8, 4) is 0 Å². The second-order valence-corrected chi connectivity index (χ2v) is 5.27. The standard InChI is InChI=1S/C11H19N5O3/c1-11(2,3)13-7(17)6-12-8-9(18)15(4)10(19)16(5)14-8/h6H2,1-5H3,(H,12,14)(H,13,17). The summed E-state index contributed by atoms with van der Waals surface area (Å²) in [6.07, 6.45) is 0. The maximum absolute atomic E-state index is 11.7.